The van der Waals surface area contributed by atoms with Crippen LogP contribution in [-0.4, -0.2) is 44.6 Å². The van der Waals surface area contributed by atoms with Crippen LogP contribution in [0, 0.1) is 5.92 Å². The Hall–Kier alpha value is -0.330. The zero-order valence-corrected chi connectivity index (χ0v) is 8.47. The minimum atomic E-state index is -4.53. The molecule has 0 heterocycles. The molecule has 0 amide bonds. The molecule has 0 aromatic heterocycles. The van der Waals surface area contributed by atoms with E-state index < -0.39 is 6.36 Å². The molecule has 14 heavy (non-hydrogen) atoms. The molecule has 0 aromatic carbocycles. The van der Waals surface area contributed by atoms with Crippen LogP contribution in [0.4, 0.5) is 13.2 Å². The predicted octanol–water partition coefficient (Wildman–Crippen LogP) is 1.05. The van der Waals surface area contributed by atoms with Crippen molar-refractivity contribution in [1.29, 1.82) is 0 Å². The van der Waals surface area contributed by atoms with Gasteiger partial charge in [-0.15, -0.1) is 13.2 Å². The predicted molar refractivity (Wildman–Crippen MR) is 47.7 cm³/mol. The van der Waals surface area contributed by atoms with Crippen molar-refractivity contribution < 1.29 is 17.9 Å². The number of alkyl halides is 3. The van der Waals surface area contributed by atoms with E-state index in [1.54, 1.807) is 11.9 Å². The summed E-state index contributed by atoms with van der Waals surface area (Å²) in [4.78, 5) is 1.77. The zero-order valence-electron chi connectivity index (χ0n) is 8.47. The topological polar surface area (TPSA) is 38.5 Å². The van der Waals surface area contributed by atoms with Gasteiger partial charge in [-0.3, -0.25) is 4.74 Å². The normalized spacial score (nSPS) is 14.8. The Kier molecular flexibility index (Phi) is 6.06. The summed E-state index contributed by atoms with van der Waals surface area (Å²) in [6.45, 7) is 3.07. The van der Waals surface area contributed by atoms with Gasteiger partial charge in [-0.2, -0.15) is 0 Å². The highest BCUT2D eigenvalue weighted by Gasteiger charge is 2.28. The van der Waals surface area contributed by atoms with Crippen LogP contribution in [0.1, 0.15) is 6.92 Å². The summed E-state index contributed by atoms with van der Waals surface area (Å²) < 4.78 is 38.4. The van der Waals surface area contributed by atoms with E-state index in [2.05, 4.69) is 4.74 Å². The Labute approximate surface area is 82.0 Å². The van der Waals surface area contributed by atoms with Crippen LogP contribution < -0.4 is 5.73 Å². The summed E-state index contributed by atoms with van der Waals surface area (Å²) in [6, 6.07) is 0. The molecule has 2 N–H and O–H groups in total. The van der Waals surface area contributed by atoms with Crippen molar-refractivity contribution in [3.63, 3.8) is 0 Å². The lowest BCUT2D eigenvalue weighted by Crippen LogP contribution is -2.32. The molecule has 1 atom stereocenters. The maximum absolute atomic E-state index is 11.6. The second kappa shape index (κ2) is 6.21. The van der Waals surface area contributed by atoms with Gasteiger partial charge in [0.05, 0.1) is 6.61 Å². The summed E-state index contributed by atoms with van der Waals surface area (Å²) in [5.74, 6) is 0.283. The van der Waals surface area contributed by atoms with E-state index in [0.717, 1.165) is 0 Å². The van der Waals surface area contributed by atoms with E-state index in [1.807, 2.05) is 6.92 Å². The number of nitrogens with two attached hydrogens (primary N) is 1. The van der Waals surface area contributed by atoms with Gasteiger partial charge in [-0.25, -0.2) is 0 Å². The Morgan fingerprint density at radius 3 is 2.43 bits per heavy atom. The maximum Gasteiger partial charge on any atom is 0.522 e. The van der Waals surface area contributed by atoms with Gasteiger partial charge in [0.1, 0.15) is 0 Å². The third-order valence-corrected chi connectivity index (χ3v) is 1.76. The van der Waals surface area contributed by atoms with Gasteiger partial charge in [0.2, 0.25) is 0 Å². The van der Waals surface area contributed by atoms with E-state index in [1.165, 1.54) is 0 Å². The third kappa shape index (κ3) is 8.28. The summed E-state index contributed by atoms with van der Waals surface area (Å²) in [5, 5.41) is 0. The lowest BCUT2D eigenvalue weighted by molar-refractivity contribution is -0.324. The lowest BCUT2D eigenvalue weighted by atomic mass is 10.2. The second-order valence-corrected chi connectivity index (χ2v) is 3.40. The first-order valence-electron chi connectivity index (χ1n) is 4.44. The van der Waals surface area contributed by atoms with Gasteiger partial charge in [0.15, 0.2) is 0 Å². The van der Waals surface area contributed by atoms with Crippen LogP contribution in [-0.2, 0) is 4.74 Å². The Morgan fingerprint density at radius 2 is 2.00 bits per heavy atom. The molecule has 0 radical (unpaired) electrons. The van der Waals surface area contributed by atoms with Crippen molar-refractivity contribution in [2.75, 3.05) is 33.3 Å². The van der Waals surface area contributed by atoms with Crippen LogP contribution in [0.3, 0.4) is 0 Å². The molecule has 86 valence electrons. The van der Waals surface area contributed by atoms with Crippen LogP contribution >= 0.6 is 0 Å². The van der Waals surface area contributed by atoms with Gasteiger partial charge in [0, 0.05) is 13.1 Å². The first-order chi connectivity index (χ1) is 6.35. The monoisotopic (exact) mass is 214 g/mol. The van der Waals surface area contributed by atoms with Gasteiger partial charge in [-0.05, 0) is 19.5 Å². The fourth-order valence-corrected chi connectivity index (χ4v) is 1.02. The minimum absolute atomic E-state index is 0.254. The number of hydrogen-bond donors (Lipinski definition) is 1. The van der Waals surface area contributed by atoms with E-state index in [0.29, 0.717) is 13.1 Å². The summed E-state index contributed by atoms with van der Waals surface area (Å²) in [6.07, 6.45) is -4.53. The highest BCUT2D eigenvalue weighted by atomic mass is 19.4. The van der Waals surface area contributed by atoms with Gasteiger partial charge >= 0.3 is 6.36 Å². The van der Waals surface area contributed by atoms with Crippen LogP contribution in [0.15, 0.2) is 0 Å². The quantitative estimate of drug-likeness (QED) is 0.718. The molecule has 0 aliphatic heterocycles. The SMILES string of the molecule is CC(CN)CN(C)CCOC(F)(F)F. The van der Waals surface area contributed by atoms with E-state index >= 15 is 0 Å². The van der Waals surface area contributed by atoms with E-state index in [4.69, 9.17) is 5.73 Å². The van der Waals surface area contributed by atoms with Crippen molar-refractivity contribution in [2.45, 2.75) is 13.3 Å². The number of halogens is 3. The molecular formula is C8H17F3N2O. The number of ether oxygens (including phenoxy) is 1. The molecule has 6 heteroatoms. The van der Waals surface area contributed by atoms with Crippen molar-refractivity contribution in [2.24, 2.45) is 11.7 Å². The highest BCUT2D eigenvalue weighted by molar-refractivity contribution is 4.58. The smallest absolute Gasteiger partial charge is 0.330 e. The fraction of sp³-hybridized carbons (Fsp3) is 1.00. The molecule has 0 fully saturated rings. The first-order valence-corrected chi connectivity index (χ1v) is 4.44. The first kappa shape index (κ1) is 13.7. The number of likely N-dealkylation sites (N-methyl/N-ethyl adjacent to an activating group) is 1. The molecule has 0 aromatic rings. The Morgan fingerprint density at radius 1 is 1.43 bits per heavy atom. The standard InChI is InChI=1S/C8H17F3N2O/c1-7(5-12)6-13(2)3-4-14-8(9,10)11/h7H,3-6,12H2,1-2H3. The Balaban J connectivity index is 3.49. The van der Waals surface area contributed by atoms with Crippen LogP contribution in [0.5, 0.6) is 0 Å². The van der Waals surface area contributed by atoms with E-state index in [-0.39, 0.29) is 19.1 Å². The number of nitrogens with zero attached hydrogens (tertiary/aromatic N) is 1. The summed E-state index contributed by atoms with van der Waals surface area (Å²) in [5.41, 5.74) is 5.38. The number of rotatable bonds is 6. The van der Waals surface area contributed by atoms with Gasteiger partial charge in [-0.1, -0.05) is 6.92 Å². The lowest BCUT2D eigenvalue weighted by Gasteiger charge is -2.20. The average Bonchev–Trinajstić information content (AvgIpc) is 2.01. The highest BCUT2D eigenvalue weighted by Crippen LogP contribution is 2.15. The summed E-state index contributed by atoms with van der Waals surface area (Å²) >= 11 is 0. The molecule has 0 aliphatic carbocycles. The molecule has 3 nitrogen and oxygen atoms in total. The molecule has 0 spiro atoms. The summed E-state index contributed by atoms with van der Waals surface area (Å²) in [7, 11) is 1.74. The van der Waals surface area contributed by atoms with Crippen molar-refractivity contribution in [3.8, 4) is 0 Å². The van der Waals surface area contributed by atoms with Crippen LogP contribution in [0.25, 0.3) is 0 Å². The third-order valence-electron chi connectivity index (χ3n) is 1.76. The second-order valence-electron chi connectivity index (χ2n) is 3.40. The van der Waals surface area contributed by atoms with E-state index in [9.17, 15) is 13.2 Å². The van der Waals surface area contributed by atoms with Crippen molar-refractivity contribution >= 4 is 0 Å². The van der Waals surface area contributed by atoms with Crippen LogP contribution in [0.2, 0.25) is 0 Å². The van der Waals surface area contributed by atoms with Crippen molar-refractivity contribution in [3.05, 3.63) is 0 Å². The maximum atomic E-state index is 11.6. The molecule has 0 rings (SSSR count). The largest absolute Gasteiger partial charge is 0.522 e. The number of hydrogen-bond acceptors (Lipinski definition) is 3. The molecule has 0 saturated carbocycles. The minimum Gasteiger partial charge on any atom is -0.330 e. The van der Waals surface area contributed by atoms with Gasteiger partial charge in [0.25, 0.3) is 0 Å². The van der Waals surface area contributed by atoms with Crippen molar-refractivity contribution in [1.82, 2.24) is 4.90 Å². The van der Waals surface area contributed by atoms with Gasteiger partial charge < -0.3 is 10.6 Å². The molecule has 0 aliphatic rings. The molecular weight excluding hydrogens is 197 g/mol. The molecule has 0 saturated heterocycles. The molecule has 0 bridgehead atoms. The fourth-order valence-electron chi connectivity index (χ4n) is 1.02. The zero-order chi connectivity index (χ0) is 11.2. The average molecular weight is 214 g/mol. The molecule has 1 unspecified atom stereocenters. The Bertz CT molecular complexity index is 152.